The van der Waals surface area contributed by atoms with Crippen LogP contribution in [0.5, 0.6) is 0 Å². The zero-order chi connectivity index (χ0) is 21.5. The van der Waals surface area contributed by atoms with Crippen LogP contribution in [0.4, 0.5) is 11.6 Å². The summed E-state index contributed by atoms with van der Waals surface area (Å²) in [6.07, 6.45) is 5.62. The molecule has 0 bridgehead atoms. The number of halogens is 1. The van der Waals surface area contributed by atoms with Gasteiger partial charge in [0, 0.05) is 23.3 Å². The summed E-state index contributed by atoms with van der Waals surface area (Å²) < 4.78 is 28.0. The van der Waals surface area contributed by atoms with E-state index < -0.39 is 10.0 Å². The molecule has 0 spiro atoms. The van der Waals surface area contributed by atoms with Crippen LogP contribution < -0.4 is 15.6 Å². The summed E-state index contributed by atoms with van der Waals surface area (Å²) in [6, 6.07) is 6.42. The Hall–Kier alpha value is -2.49. The molecule has 0 radical (unpaired) electrons. The number of sulfonamides is 1. The molecule has 0 saturated heterocycles. The maximum Gasteiger partial charge on any atom is 0.271 e. The van der Waals surface area contributed by atoms with Gasteiger partial charge in [-0.2, -0.15) is 4.98 Å². The molecule has 4 rings (SSSR count). The molecule has 0 atom stereocenters. The molecular weight excluding hydrogens is 426 g/mol. The second-order valence-corrected chi connectivity index (χ2v) is 9.68. The number of hydrogen-bond acceptors (Lipinski definition) is 6. The van der Waals surface area contributed by atoms with E-state index in [0.29, 0.717) is 22.7 Å². The Labute approximate surface area is 179 Å². The van der Waals surface area contributed by atoms with E-state index in [9.17, 15) is 13.2 Å². The summed E-state index contributed by atoms with van der Waals surface area (Å²) >= 11 is 6.17. The Bertz CT molecular complexity index is 1280. The number of nitrogens with one attached hydrogen (secondary N) is 2. The lowest BCUT2D eigenvalue weighted by molar-refractivity contribution is 0.516. The molecule has 1 saturated carbocycles. The molecule has 1 aromatic carbocycles. The number of benzene rings is 1. The molecule has 1 aliphatic carbocycles. The number of nitrogens with zero attached hydrogens (tertiary/aromatic N) is 3. The van der Waals surface area contributed by atoms with Crippen molar-refractivity contribution < 1.29 is 8.42 Å². The van der Waals surface area contributed by atoms with Gasteiger partial charge in [-0.15, -0.1) is 0 Å². The second-order valence-electron chi connectivity index (χ2n) is 7.39. The minimum atomic E-state index is -3.52. The smallest absolute Gasteiger partial charge is 0.271 e. The molecule has 30 heavy (non-hydrogen) atoms. The molecule has 2 N–H and O–H groups in total. The van der Waals surface area contributed by atoms with Gasteiger partial charge in [0.25, 0.3) is 5.56 Å². The van der Waals surface area contributed by atoms with Crippen LogP contribution in [0, 0.1) is 6.92 Å². The van der Waals surface area contributed by atoms with Gasteiger partial charge in [0.2, 0.25) is 16.0 Å². The molecule has 0 amide bonds. The Kier molecular flexibility index (Phi) is 5.52. The van der Waals surface area contributed by atoms with E-state index in [2.05, 4.69) is 20.0 Å². The number of rotatable bonds is 5. The van der Waals surface area contributed by atoms with E-state index in [1.54, 1.807) is 35.9 Å². The van der Waals surface area contributed by atoms with Crippen molar-refractivity contribution in [1.82, 2.24) is 19.3 Å². The number of aryl methyl sites for hydroxylation is 1. The zero-order valence-corrected chi connectivity index (χ0v) is 18.2. The quantitative estimate of drug-likeness (QED) is 0.619. The molecule has 1 fully saturated rings. The minimum Gasteiger partial charge on any atom is -0.324 e. The summed E-state index contributed by atoms with van der Waals surface area (Å²) in [5.74, 6) is 0.322. The van der Waals surface area contributed by atoms with Crippen LogP contribution >= 0.6 is 11.6 Å². The number of anilines is 2. The Morgan fingerprint density at radius 2 is 1.93 bits per heavy atom. The van der Waals surface area contributed by atoms with Crippen molar-refractivity contribution in [2.24, 2.45) is 0 Å². The average molecular weight is 448 g/mol. The summed E-state index contributed by atoms with van der Waals surface area (Å²) in [6.45, 7) is 1.80. The zero-order valence-electron chi connectivity index (χ0n) is 16.6. The Morgan fingerprint density at radius 1 is 1.20 bits per heavy atom. The predicted octanol–water partition coefficient (Wildman–Crippen LogP) is 3.52. The lowest BCUT2D eigenvalue weighted by atomic mass is 10.2. The lowest BCUT2D eigenvalue weighted by Crippen LogP contribution is -2.25. The van der Waals surface area contributed by atoms with E-state index >= 15 is 0 Å². The predicted molar refractivity (Wildman–Crippen MR) is 117 cm³/mol. The maximum atomic E-state index is 12.7. The summed E-state index contributed by atoms with van der Waals surface area (Å²) in [5, 5.41) is 3.99. The third-order valence-electron chi connectivity index (χ3n) is 5.44. The highest BCUT2D eigenvalue weighted by Gasteiger charge is 2.22. The fourth-order valence-electron chi connectivity index (χ4n) is 3.83. The molecule has 0 unspecified atom stereocenters. The highest BCUT2D eigenvalue weighted by molar-refractivity contribution is 7.89. The number of hydrogen-bond donors (Lipinski definition) is 2. The van der Waals surface area contributed by atoms with Gasteiger partial charge in [-0.1, -0.05) is 24.4 Å². The van der Waals surface area contributed by atoms with Gasteiger partial charge in [-0.25, -0.2) is 18.1 Å². The molecule has 158 valence electrons. The Balaban J connectivity index is 1.75. The summed E-state index contributed by atoms with van der Waals surface area (Å²) in [4.78, 5) is 21.9. The monoisotopic (exact) mass is 447 g/mol. The van der Waals surface area contributed by atoms with Crippen molar-refractivity contribution in [2.75, 3.05) is 12.4 Å². The van der Waals surface area contributed by atoms with Gasteiger partial charge in [-0.3, -0.25) is 9.36 Å². The van der Waals surface area contributed by atoms with Gasteiger partial charge in [0.05, 0.1) is 4.90 Å². The van der Waals surface area contributed by atoms with Crippen molar-refractivity contribution >= 4 is 44.3 Å². The second kappa shape index (κ2) is 7.98. The normalized spacial score (nSPS) is 15.0. The van der Waals surface area contributed by atoms with Gasteiger partial charge in [0.1, 0.15) is 10.7 Å². The molecule has 8 nitrogen and oxygen atoms in total. The molecular formula is C20H22ClN5O3S. The molecule has 2 aromatic heterocycles. The molecule has 10 heteroatoms. The average Bonchev–Trinajstić information content (AvgIpc) is 3.25. The first kappa shape index (κ1) is 20.8. The summed E-state index contributed by atoms with van der Waals surface area (Å²) in [7, 11) is -2.15. The topological polar surface area (TPSA) is 106 Å². The molecule has 2 heterocycles. The van der Waals surface area contributed by atoms with Crippen LogP contribution in [-0.2, 0) is 10.0 Å². The van der Waals surface area contributed by atoms with Crippen LogP contribution in [0.3, 0.4) is 0 Å². The van der Waals surface area contributed by atoms with Gasteiger partial charge in [0.15, 0.2) is 0 Å². The lowest BCUT2D eigenvalue weighted by Gasteiger charge is -2.17. The van der Waals surface area contributed by atoms with Gasteiger partial charge >= 0.3 is 0 Å². The van der Waals surface area contributed by atoms with Crippen molar-refractivity contribution in [3.8, 4) is 0 Å². The maximum absolute atomic E-state index is 12.7. The van der Waals surface area contributed by atoms with Crippen molar-refractivity contribution in [1.29, 1.82) is 0 Å². The first-order valence-corrected chi connectivity index (χ1v) is 11.6. The van der Waals surface area contributed by atoms with E-state index in [0.717, 1.165) is 31.2 Å². The first-order chi connectivity index (χ1) is 14.3. The van der Waals surface area contributed by atoms with E-state index in [1.165, 1.54) is 13.1 Å². The molecule has 0 aliphatic heterocycles. The molecule has 3 aromatic rings. The van der Waals surface area contributed by atoms with E-state index in [4.69, 9.17) is 11.6 Å². The van der Waals surface area contributed by atoms with Gasteiger partial charge in [-0.05, 0) is 56.6 Å². The fraction of sp³-hybridized carbons (Fsp3) is 0.350. The SMILES string of the molecule is CNS(=O)(=O)c1ccc(Nc2ncc3cc(Cl)c(=O)n(C4CCCC4)c3n2)c(C)c1. The van der Waals surface area contributed by atoms with Crippen LogP contribution in [0.15, 0.2) is 40.2 Å². The third-order valence-corrected chi connectivity index (χ3v) is 7.13. The van der Waals surface area contributed by atoms with Gasteiger partial charge < -0.3 is 5.32 Å². The Morgan fingerprint density at radius 3 is 2.60 bits per heavy atom. The number of aromatic nitrogens is 3. The van der Waals surface area contributed by atoms with Crippen molar-refractivity contribution in [3.05, 3.63) is 51.4 Å². The highest BCUT2D eigenvalue weighted by atomic mass is 35.5. The van der Waals surface area contributed by atoms with Crippen molar-refractivity contribution in [2.45, 2.75) is 43.5 Å². The number of fused-ring (bicyclic) bond motifs is 1. The summed E-state index contributed by atoms with van der Waals surface area (Å²) in [5.41, 5.74) is 1.70. The third kappa shape index (κ3) is 3.80. The first-order valence-electron chi connectivity index (χ1n) is 9.69. The van der Waals surface area contributed by atoms with Crippen LogP contribution in [0.1, 0.15) is 37.3 Å². The highest BCUT2D eigenvalue weighted by Crippen LogP contribution is 2.31. The van der Waals surface area contributed by atoms with E-state index in [-0.39, 0.29) is 21.5 Å². The van der Waals surface area contributed by atoms with Crippen LogP contribution in [0.25, 0.3) is 11.0 Å². The number of pyridine rings is 1. The van der Waals surface area contributed by atoms with Crippen LogP contribution in [-0.4, -0.2) is 30.0 Å². The fourth-order valence-corrected chi connectivity index (χ4v) is 4.85. The minimum absolute atomic E-state index is 0.0780. The van der Waals surface area contributed by atoms with Crippen LogP contribution in [0.2, 0.25) is 5.02 Å². The largest absolute Gasteiger partial charge is 0.324 e. The molecule has 1 aliphatic rings. The van der Waals surface area contributed by atoms with Crippen molar-refractivity contribution in [3.63, 3.8) is 0 Å². The standard InChI is InChI=1S/C20H22ClN5O3S/c1-12-9-15(30(28,29)22-2)7-8-17(12)24-20-23-11-13-10-16(21)19(27)26(18(13)25-20)14-5-3-4-6-14/h7-11,14,22H,3-6H2,1-2H3,(H,23,24,25). The van der Waals surface area contributed by atoms with E-state index in [1.807, 2.05) is 0 Å².